The van der Waals surface area contributed by atoms with E-state index in [1.165, 1.54) is 33.3 Å². The van der Waals surface area contributed by atoms with Crippen molar-refractivity contribution in [3.63, 3.8) is 0 Å². The molecule has 12 heteroatoms. The Hall–Kier alpha value is -2.15. The first-order chi connectivity index (χ1) is 14.3. The standard InChI is InChI=1S/C18H24N4O6S2/c1-20-13-18(19-14-20)30(25,26)22-7-2-6-21(8-9-22)29(23,24)15-4-5-16-17(12-15)28-11-3-10-27-16/h4-5,12-14H,2-3,6-11H2,1H3. The van der Waals surface area contributed by atoms with Crippen LogP contribution >= 0.6 is 0 Å². The van der Waals surface area contributed by atoms with Gasteiger partial charge in [-0.15, -0.1) is 0 Å². The lowest BCUT2D eigenvalue weighted by atomic mass is 10.3. The van der Waals surface area contributed by atoms with Crippen LogP contribution in [0.2, 0.25) is 0 Å². The molecule has 1 saturated heterocycles. The third-order valence-corrected chi connectivity index (χ3v) is 8.74. The number of hydrogen-bond donors (Lipinski definition) is 0. The van der Waals surface area contributed by atoms with E-state index in [0.29, 0.717) is 31.1 Å². The molecule has 2 aliphatic rings. The van der Waals surface area contributed by atoms with Crippen molar-refractivity contribution in [2.45, 2.75) is 22.8 Å². The molecule has 0 amide bonds. The molecular weight excluding hydrogens is 432 g/mol. The highest BCUT2D eigenvalue weighted by atomic mass is 32.2. The van der Waals surface area contributed by atoms with Gasteiger partial charge in [-0.2, -0.15) is 8.61 Å². The Morgan fingerprint density at radius 1 is 0.867 bits per heavy atom. The van der Waals surface area contributed by atoms with Crippen LogP contribution in [-0.2, 0) is 27.1 Å². The molecule has 0 radical (unpaired) electrons. The van der Waals surface area contributed by atoms with E-state index in [2.05, 4.69) is 4.98 Å². The molecule has 30 heavy (non-hydrogen) atoms. The molecule has 10 nitrogen and oxygen atoms in total. The summed E-state index contributed by atoms with van der Waals surface area (Å²) in [5, 5.41) is -0.0378. The minimum atomic E-state index is -3.80. The fraction of sp³-hybridized carbons (Fsp3) is 0.500. The zero-order chi connectivity index (χ0) is 21.4. The van der Waals surface area contributed by atoms with Crippen molar-refractivity contribution in [1.29, 1.82) is 0 Å². The minimum absolute atomic E-state index is 0.0378. The van der Waals surface area contributed by atoms with Crippen LogP contribution in [0.5, 0.6) is 11.5 Å². The Balaban J connectivity index is 1.53. The first-order valence-electron chi connectivity index (χ1n) is 9.66. The molecule has 0 N–H and O–H groups in total. The topological polar surface area (TPSA) is 111 Å². The van der Waals surface area contributed by atoms with Gasteiger partial charge in [-0.1, -0.05) is 0 Å². The van der Waals surface area contributed by atoms with Gasteiger partial charge in [-0.05, 0) is 18.6 Å². The van der Waals surface area contributed by atoms with Crippen LogP contribution in [0, 0.1) is 0 Å². The number of sulfonamides is 2. The van der Waals surface area contributed by atoms with Crippen LogP contribution < -0.4 is 9.47 Å². The normalized spacial score (nSPS) is 19.2. The number of hydrogen-bond acceptors (Lipinski definition) is 7. The summed E-state index contributed by atoms with van der Waals surface area (Å²) >= 11 is 0. The Labute approximate surface area is 176 Å². The molecule has 1 fully saturated rings. The summed E-state index contributed by atoms with van der Waals surface area (Å²) in [6.07, 6.45) is 3.97. The van der Waals surface area contributed by atoms with Crippen LogP contribution in [0.4, 0.5) is 0 Å². The molecular formula is C18H24N4O6S2. The van der Waals surface area contributed by atoms with Gasteiger partial charge in [0.05, 0.1) is 24.4 Å². The summed E-state index contributed by atoms with van der Waals surface area (Å²) in [5.74, 6) is 0.928. The fourth-order valence-corrected chi connectivity index (χ4v) is 6.38. The highest BCUT2D eigenvalue weighted by Crippen LogP contribution is 2.33. The average molecular weight is 457 g/mol. The van der Waals surface area contributed by atoms with E-state index in [1.807, 2.05) is 0 Å². The molecule has 3 heterocycles. The molecule has 0 saturated carbocycles. The second-order valence-electron chi connectivity index (χ2n) is 7.20. The maximum absolute atomic E-state index is 13.2. The van der Waals surface area contributed by atoms with Crippen LogP contribution in [0.3, 0.4) is 0 Å². The van der Waals surface area contributed by atoms with E-state index in [4.69, 9.17) is 9.47 Å². The van der Waals surface area contributed by atoms with Gasteiger partial charge in [0.15, 0.2) is 16.5 Å². The first-order valence-corrected chi connectivity index (χ1v) is 12.5. The van der Waals surface area contributed by atoms with Gasteiger partial charge < -0.3 is 14.0 Å². The maximum atomic E-state index is 13.2. The summed E-state index contributed by atoms with van der Waals surface area (Å²) < 4.78 is 67.4. The highest BCUT2D eigenvalue weighted by Gasteiger charge is 2.33. The van der Waals surface area contributed by atoms with E-state index in [9.17, 15) is 16.8 Å². The summed E-state index contributed by atoms with van der Waals surface area (Å²) in [6.45, 7) is 1.55. The second-order valence-corrected chi connectivity index (χ2v) is 11.0. The van der Waals surface area contributed by atoms with Gasteiger partial charge in [0.1, 0.15) is 0 Å². The number of aryl methyl sites for hydroxylation is 1. The van der Waals surface area contributed by atoms with Crippen molar-refractivity contribution in [2.75, 3.05) is 39.4 Å². The number of aromatic nitrogens is 2. The van der Waals surface area contributed by atoms with Crippen molar-refractivity contribution in [3.8, 4) is 11.5 Å². The molecule has 2 aromatic rings. The number of ether oxygens (including phenoxy) is 2. The first kappa shape index (κ1) is 21.1. The number of imidazole rings is 1. The third kappa shape index (κ3) is 4.04. The monoisotopic (exact) mass is 456 g/mol. The number of benzene rings is 1. The van der Waals surface area contributed by atoms with Crippen LogP contribution in [0.1, 0.15) is 12.8 Å². The van der Waals surface area contributed by atoms with E-state index in [0.717, 1.165) is 6.42 Å². The van der Waals surface area contributed by atoms with Gasteiger partial charge in [0.25, 0.3) is 10.0 Å². The Morgan fingerprint density at radius 3 is 2.20 bits per heavy atom. The molecule has 0 aliphatic carbocycles. The lowest BCUT2D eigenvalue weighted by molar-refractivity contribution is 0.296. The van der Waals surface area contributed by atoms with Crippen LogP contribution in [0.15, 0.2) is 40.6 Å². The molecule has 1 aromatic heterocycles. The molecule has 0 unspecified atom stereocenters. The largest absolute Gasteiger partial charge is 0.490 e. The summed E-state index contributed by atoms with van der Waals surface area (Å²) in [5.41, 5.74) is 0. The van der Waals surface area contributed by atoms with Gasteiger partial charge >= 0.3 is 0 Å². The van der Waals surface area contributed by atoms with Crippen molar-refractivity contribution in [2.24, 2.45) is 7.05 Å². The molecule has 1 aromatic carbocycles. The molecule has 0 bridgehead atoms. The van der Waals surface area contributed by atoms with Gasteiger partial charge in [0.2, 0.25) is 10.0 Å². The van der Waals surface area contributed by atoms with Gasteiger partial charge in [-0.25, -0.2) is 21.8 Å². The van der Waals surface area contributed by atoms with Crippen molar-refractivity contribution in [3.05, 3.63) is 30.7 Å². The molecule has 2 aliphatic heterocycles. The average Bonchev–Trinajstić information content (AvgIpc) is 2.91. The lowest BCUT2D eigenvalue weighted by Gasteiger charge is -2.21. The fourth-order valence-electron chi connectivity index (χ4n) is 3.46. The van der Waals surface area contributed by atoms with Gasteiger partial charge in [-0.3, -0.25) is 0 Å². The van der Waals surface area contributed by atoms with Crippen molar-refractivity contribution < 1.29 is 26.3 Å². The second kappa shape index (κ2) is 8.17. The SMILES string of the molecule is Cn1cnc(S(=O)(=O)N2CCCN(S(=O)(=O)c3ccc4c(c3)OCCCO4)CC2)c1. The van der Waals surface area contributed by atoms with Gasteiger partial charge in [0, 0.05) is 51.9 Å². The Bertz CT molecular complexity index is 1130. The predicted octanol–water partition coefficient (Wildman–Crippen LogP) is 0.667. The molecule has 0 atom stereocenters. The lowest BCUT2D eigenvalue weighted by Crippen LogP contribution is -2.37. The van der Waals surface area contributed by atoms with E-state index < -0.39 is 20.0 Å². The summed E-state index contributed by atoms with van der Waals surface area (Å²) in [4.78, 5) is 4.04. The van der Waals surface area contributed by atoms with Crippen LogP contribution in [-0.4, -0.2) is 74.4 Å². The molecule has 0 spiro atoms. The molecule has 4 rings (SSSR count). The van der Waals surface area contributed by atoms with Crippen molar-refractivity contribution >= 4 is 20.0 Å². The minimum Gasteiger partial charge on any atom is -0.490 e. The zero-order valence-electron chi connectivity index (χ0n) is 16.6. The highest BCUT2D eigenvalue weighted by molar-refractivity contribution is 7.89. The number of rotatable bonds is 4. The Kier molecular flexibility index (Phi) is 5.75. The zero-order valence-corrected chi connectivity index (χ0v) is 18.2. The van der Waals surface area contributed by atoms with E-state index in [-0.39, 0.29) is 36.1 Å². The molecule has 164 valence electrons. The smallest absolute Gasteiger partial charge is 0.262 e. The summed E-state index contributed by atoms with van der Waals surface area (Å²) in [7, 11) is -5.88. The van der Waals surface area contributed by atoms with Crippen LogP contribution in [0.25, 0.3) is 0 Å². The summed E-state index contributed by atoms with van der Waals surface area (Å²) in [6, 6.07) is 4.57. The van der Waals surface area contributed by atoms with Crippen molar-refractivity contribution in [1.82, 2.24) is 18.2 Å². The number of nitrogens with zero attached hydrogens (tertiary/aromatic N) is 4. The third-order valence-electron chi connectivity index (χ3n) is 5.06. The van der Waals surface area contributed by atoms with E-state index >= 15 is 0 Å². The number of fused-ring (bicyclic) bond motifs is 1. The quantitative estimate of drug-likeness (QED) is 0.665. The van der Waals surface area contributed by atoms with E-state index in [1.54, 1.807) is 17.7 Å². The maximum Gasteiger partial charge on any atom is 0.262 e. The predicted molar refractivity (Wildman–Crippen MR) is 107 cm³/mol. The Morgan fingerprint density at radius 2 is 1.53 bits per heavy atom.